The summed E-state index contributed by atoms with van der Waals surface area (Å²) in [5.41, 5.74) is 2.25. The minimum atomic E-state index is -0.726. The molecule has 5 nitrogen and oxygen atoms in total. The van der Waals surface area contributed by atoms with E-state index in [1.54, 1.807) is 0 Å². The van der Waals surface area contributed by atoms with E-state index in [1.165, 1.54) is 0 Å². The van der Waals surface area contributed by atoms with Crippen LogP contribution >= 0.6 is 0 Å². The number of hydrogen-bond donors (Lipinski definition) is 3. The standard InChI is InChI=1S/C17H24N2O3/c1-11-5-3-4-6-15(11)12(2)18-17(22)19-14-9-7-13(8-10-14)16(20)21/h3-6,12-14H,7-10H2,1-2H3,(H,20,21)(H2,18,19,22). The lowest BCUT2D eigenvalue weighted by molar-refractivity contribution is -0.142. The summed E-state index contributed by atoms with van der Waals surface area (Å²) in [6.07, 6.45) is 2.72. The second kappa shape index (κ2) is 7.29. The summed E-state index contributed by atoms with van der Waals surface area (Å²) in [4.78, 5) is 23.0. The number of benzene rings is 1. The lowest BCUT2D eigenvalue weighted by Gasteiger charge is -2.27. The highest BCUT2D eigenvalue weighted by molar-refractivity contribution is 5.75. The molecular weight excluding hydrogens is 280 g/mol. The molecule has 0 aromatic heterocycles. The van der Waals surface area contributed by atoms with Gasteiger partial charge in [-0.25, -0.2) is 4.79 Å². The van der Waals surface area contributed by atoms with E-state index >= 15 is 0 Å². The fourth-order valence-electron chi connectivity index (χ4n) is 3.06. The van der Waals surface area contributed by atoms with Crippen molar-refractivity contribution in [2.75, 3.05) is 0 Å². The molecule has 1 unspecified atom stereocenters. The fraction of sp³-hybridized carbons (Fsp3) is 0.529. The van der Waals surface area contributed by atoms with Crippen LogP contribution in [-0.4, -0.2) is 23.1 Å². The van der Waals surface area contributed by atoms with Crippen molar-refractivity contribution in [1.29, 1.82) is 0 Å². The normalized spacial score (nSPS) is 22.6. The third kappa shape index (κ3) is 4.23. The lowest BCUT2D eigenvalue weighted by atomic mass is 9.86. The first-order valence-corrected chi connectivity index (χ1v) is 7.82. The molecule has 0 radical (unpaired) electrons. The Hall–Kier alpha value is -2.04. The van der Waals surface area contributed by atoms with Gasteiger partial charge in [0.15, 0.2) is 0 Å². The van der Waals surface area contributed by atoms with Crippen LogP contribution in [-0.2, 0) is 4.79 Å². The maximum Gasteiger partial charge on any atom is 0.315 e. The summed E-state index contributed by atoms with van der Waals surface area (Å²) < 4.78 is 0. The van der Waals surface area contributed by atoms with Gasteiger partial charge in [-0.2, -0.15) is 0 Å². The van der Waals surface area contributed by atoms with E-state index in [-0.39, 0.29) is 24.0 Å². The van der Waals surface area contributed by atoms with Crippen molar-refractivity contribution in [2.45, 2.75) is 51.6 Å². The predicted molar refractivity (Wildman–Crippen MR) is 84.6 cm³/mol. The number of nitrogens with one attached hydrogen (secondary N) is 2. The summed E-state index contributed by atoms with van der Waals surface area (Å²) in [7, 11) is 0. The number of aliphatic carboxylic acids is 1. The topological polar surface area (TPSA) is 78.4 Å². The zero-order valence-corrected chi connectivity index (χ0v) is 13.1. The third-order valence-corrected chi connectivity index (χ3v) is 4.41. The first-order chi connectivity index (χ1) is 10.5. The van der Waals surface area contributed by atoms with E-state index in [0.29, 0.717) is 12.8 Å². The van der Waals surface area contributed by atoms with Gasteiger partial charge in [0.2, 0.25) is 0 Å². The van der Waals surface area contributed by atoms with Gasteiger partial charge in [-0.3, -0.25) is 4.79 Å². The van der Waals surface area contributed by atoms with E-state index in [0.717, 1.165) is 24.0 Å². The summed E-state index contributed by atoms with van der Waals surface area (Å²) in [5.74, 6) is -0.983. The van der Waals surface area contributed by atoms with Crippen molar-refractivity contribution in [1.82, 2.24) is 10.6 Å². The summed E-state index contributed by atoms with van der Waals surface area (Å²) >= 11 is 0. The maximum atomic E-state index is 12.1. The molecule has 120 valence electrons. The highest BCUT2D eigenvalue weighted by atomic mass is 16.4. The molecule has 1 aromatic rings. The fourth-order valence-corrected chi connectivity index (χ4v) is 3.06. The highest BCUT2D eigenvalue weighted by Crippen LogP contribution is 2.24. The van der Waals surface area contributed by atoms with E-state index in [9.17, 15) is 9.59 Å². The molecule has 5 heteroatoms. The van der Waals surface area contributed by atoms with Gasteiger partial charge >= 0.3 is 12.0 Å². The number of carbonyl (C=O) groups excluding carboxylic acids is 1. The van der Waals surface area contributed by atoms with Crippen molar-refractivity contribution in [3.63, 3.8) is 0 Å². The van der Waals surface area contributed by atoms with Gasteiger partial charge in [0.05, 0.1) is 12.0 Å². The molecule has 0 aliphatic heterocycles. The van der Waals surface area contributed by atoms with E-state index < -0.39 is 5.97 Å². The quantitative estimate of drug-likeness (QED) is 0.800. The Balaban J connectivity index is 1.81. The highest BCUT2D eigenvalue weighted by Gasteiger charge is 2.26. The number of urea groups is 1. The Kier molecular flexibility index (Phi) is 5.41. The number of amides is 2. The molecule has 1 aromatic carbocycles. The number of carbonyl (C=O) groups is 2. The molecule has 2 rings (SSSR count). The molecule has 1 fully saturated rings. The first kappa shape index (κ1) is 16.3. The minimum Gasteiger partial charge on any atom is -0.481 e. The molecule has 1 aliphatic rings. The van der Waals surface area contributed by atoms with Gasteiger partial charge in [0.25, 0.3) is 0 Å². The Bertz CT molecular complexity index is 536. The number of carboxylic acid groups (broad SMARTS) is 1. The van der Waals surface area contributed by atoms with Crippen LogP contribution in [0.1, 0.15) is 49.8 Å². The average molecular weight is 304 g/mol. The molecule has 1 saturated carbocycles. The summed E-state index contributed by atoms with van der Waals surface area (Å²) in [5, 5.41) is 14.9. The van der Waals surface area contributed by atoms with Crippen molar-refractivity contribution < 1.29 is 14.7 Å². The maximum absolute atomic E-state index is 12.1. The number of hydrogen-bond acceptors (Lipinski definition) is 2. The van der Waals surface area contributed by atoms with Crippen molar-refractivity contribution in [2.24, 2.45) is 5.92 Å². The van der Waals surface area contributed by atoms with Gasteiger partial charge in [-0.05, 0) is 50.7 Å². The van der Waals surface area contributed by atoms with Crippen molar-refractivity contribution in [3.8, 4) is 0 Å². The van der Waals surface area contributed by atoms with Crippen LogP contribution < -0.4 is 10.6 Å². The van der Waals surface area contributed by atoms with Gasteiger partial charge in [0.1, 0.15) is 0 Å². The second-order valence-corrected chi connectivity index (χ2v) is 6.08. The summed E-state index contributed by atoms with van der Waals surface area (Å²) in [6.45, 7) is 3.99. The zero-order valence-electron chi connectivity index (χ0n) is 13.1. The van der Waals surface area contributed by atoms with Crippen LogP contribution in [0, 0.1) is 12.8 Å². The third-order valence-electron chi connectivity index (χ3n) is 4.41. The summed E-state index contributed by atoms with van der Waals surface area (Å²) in [6, 6.07) is 7.81. The molecule has 3 N–H and O–H groups in total. The molecule has 0 bridgehead atoms. The van der Waals surface area contributed by atoms with E-state index in [1.807, 2.05) is 38.1 Å². The SMILES string of the molecule is Cc1ccccc1C(C)NC(=O)NC1CCC(C(=O)O)CC1. The number of rotatable bonds is 4. The van der Waals surface area contributed by atoms with E-state index in [4.69, 9.17) is 5.11 Å². The van der Waals surface area contributed by atoms with Crippen molar-refractivity contribution in [3.05, 3.63) is 35.4 Å². The van der Waals surface area contributed by atoms with Crippen LogP contribution in [0.5, 0.6) is 0 Å². The Labute approximate surface area is 131 Å². The largest absolute Gasteiger partial charge is 0.481 e. The van der Waals surface area contributed by atoms with Crippen LogP contribution in [0.25, 0.3) is 0 Å². The van der Waals surface area contributed by atoms with Gasteiger partial charge < -0.3 is 15.7 Å². The van der Waals surface area contributed by atoms with Crippen LogP contribution in [0.3, 0.4) is 0 Å². The molecule has 0 spiro atoms. The molecule has 0 saturated heterocycles. The molecule has 2 amide bonds. The Morgan fingerprint density at radius 2 is 1.82 bits per heavy atom. The predicted octanol–water partition coefficient (Wildman–Crippen LogP) is 3.00. The number of carboxylic acids is 1. The molecular formula is C17H24N2O3. The van der Waals surface area contributed by atoms with Crippen LogP contribution in [0.4, 0.5) is 4.79 Å². The monoisotopic (exact) mass is 304 g/mol. The zero-order chi connectivity index (χ0) is 16.1. The molecule has 0 heterocycles. The molecule has 1 atom stereocenters. The average Bonchev–Trinajstić information content (AvgIpc) is 2.48. The Morgan fingerprint density at radius 1 is 1.18 bits per heavy atom. The van der Waals surface area contributed by atoms with Crippen molar-refractivity contribution >= 4 is 12.0 Å². The van der Waals surface area contributed by atoms with E-state index in [2.05, 4.69) is 10.6 Å². The molecule has 1 aliphatic carbocycles. The van der Waals surface area contributed by atoms with Crippen LogP contribution in [0.2, 0.25) is 0 Å². The number of aryl methyl sites for hydroxylation is 1. The smallest absolute Gasteiger partial charge is 0.315 e. The first-order valence-electron chi connectivity index (χ1n) is 7.82. The van der Waals surface area contributed by atoms with Gasteiger partial charge in [-0.1, -0.05) is 24.3 Å². The second-order valence-electron chi connectivity index (χ2n) is 6.08. The Morgan fingerprint density at radius 3 is 2.41 bits per heavy atom. The lowest BCUT2D eigenvalue weighted by Crippen LogP contribution is -2.44. The molecule has 22 heavy (non-hydrogen) atoms. The van der Waals surface area contributed by atoms with Gasteiger partial charge in [-0.15, -0.1) is 0 Å². The van der Waals surface area contributed by atoms with Crippen LogP contribution in [0.15, 0.2) is 24.3 Å². The minimum absolute atomic E-state index is 0.0587. The van der Waals surface area contributed by atoms with Gasteiger partial charge in [0, 0.05) is 6.04 Å².